The highest BCUT2D eigenvalue weighted by atomic mass is 16.5. The van der Waals surface area contributed by atoms with Crippen molar-refractivity contribution in [2.24, 2.45) is 7.05 Å². The third-order valence-corrected chi connectivity index (χ3v) is 6.29. The summed E-state index contributed by atoms with van der Waals surface area (Å²) in [5.41, 5.74) is 5.14. The summed E-state index contributed by atoms with van der Waals surface area (Å²) in [5, 5.41) is 4.21. The lowest BCUT2D eigenvalue weighted by molar-refractivity contribution is 0.0706. The van der Waals surface area contributed by atoms with Crippen molar-refractivity contribution in [1.82, 2.24) is 24.6 Å². The third-order valence-electron chi connectivity index (χ3n) is 6.29. The number of pyridine rings is 2. The van der Waals surface area contributed by atoms with Crippen LogP contribution in [0, 0.1) is 0 Å². The summed E-state index contributed by atoms with van der Waals surface area (Å²) in [6, 6.07) is 17.6. The molecule has 4 aromatic rings. The largest absolute Gasteiger partial charge is 0.496 e. The maximum atomic E-state index is 13.4. The Balaban J connectivity index is 1.36. The summed E-state index contributed by atoms with van der Waals surface area (Å²) in [6.45, 7) is 1.39. The van der Waals surface area contributed by atoms with Crippen molar-refractivity contribution in [3.63, 3.8) is 0 Å². The number of methoxy groups -OCH3 is 1. The SMILES string of the molecule is COc1ccccc1-c1cccc([C@@H]2CCCN(C(=O)c3ccnc(-c4cnn(C)c4)c3)C2)n1. The number of piperidine rings is 1. The van der Waals surface area contributed by atoms with Crippen molar-refractivity contribution in [1.29, 1.82) is 0 Å². The zero-order valence-corrected chi connectivity index (χ0v) is 19.4. The van der Waals surface area contributed by atoms with Crippen molar-refractivity contribution in [3.8, 4) is 28.3 Å². The fourth-order valence-corrected chi connectivity index (χ4v) is 4.55. The number of rotatable bonds is 5. The molecule has 7 heteroatoms. The molecular formula is C27H27N5O2. The zero-order valence-electron chi connectivity index (χ0n) is 19.4. The van der Waals surface area contributed by atoms with E-state index in [1.807, 2.05) is 60.6 Å². The lowest BCUT2D eigenvalue weighted by atomic mass is 9.93. The molecule has 1 atom stereocenters. The number of carbonyl (C=O) groups is 1. The standard InChI is InChI=1S/C27H27N5O2/c1-31-17-21(16-29-31)25-15-19(12-13-28-25)27(33)32-14-6-7-20(18-32)23-9-5-10-24(30-23)22-8-3-4-11-26(22)34-2/h3-5,8-13,15-17,20H,6-7,14,18H2,1-2H3/t20-/m1/s1. The highest BCUT2D eigenvalue weighted by Gasteiger charge is 2.27. The number of hydrogen-bond donors (Lipinski definition) is 0. The average molecular weight is 454 g/mol. The molecule has 1 aromatic carbocycles. The second kappa shape index (κ2) is 9.47. The van der Waals surface area contributed by atoms with Gasteiger partial charge in [-0.25, -0.2) is 0 Å². The van der Waals surface area contributed by atoms with E-state index in [1.165, 1.54) is 0 Å². The Hall–Kier alpha value is -4.00. The lowest BCUT2D eigenvalue weighted by Crippen LogP contribution is -2.39. The van der Waals surface area contributed by atoms with Crippen LogP contribution in [0.25, 0.3) is 22.5 Å². The predicted octanol–water partition coefficient (Wildman–Crippen LogP) is 4.57. The first-order valence-electron chi connectivity index (χ1n) is 11.5. The molecule has 0 aliphatic carbocycles. The minimum Gasteiger partial charge on any atom is -0.496 e. The van der Waals surface area contributed by atoms with Crippen LogP contribution in [0.5, 0.6) is 5.75 Å². The smallest absolute Gasteiger partial charge is 0.254 e. The van der Waals surface area contributed by atoms with Gasteiger partial charge < -0.3 is 9.64 Å². The molecule has 7 nitrogen and oxygen atoms in total. The van der Waals surface area contributed by atoms with E-state index in [-0.39, 0.29) is 11.8 Å². The Morgan fingerprint density at radius 2 is 1.97 bits per heavy atom. The quantitative estimate of drug-likeness (QED) is 0.443. The van der Waals surface area contributed by atoms with Crippen molar-refractivity contribution >= 4 is 5.91 Å². The molecule has 1 saturated heterocycles. The number of amides is 1. The Kier molecular flexibility index (Phi) is 6.08. The number of para-hydroxylation sites is 1. The number of ether oxygens (including phenoxy) is 1. The predicted molar refractivity (Wildman–Crippen MR) is 131 cm³/mol. The van der Waals surface area contributed by atoms with Gasteiger partial charge in [-0.05, 0) is 49.2 Å². The molecule has 34 heavy (non-hydrogen) atoms. The second-order valence-electron chi connectivity index (χ2n) is 8.57. The molecule has 0 radical (unpaired) electrons. The van der Waals surface area contributed by atoms with Crippen molar-refractivity contribution in [3.05, 3.63) is 84.4 Å². The van der Waals surface area contributed by atoms with E-state index in [0.717, 1.165) is 53.3 Å². The van der Waals surface area contributed by atoms with E-state index in [4.69, 9.17) is 9.72 Å². The minimum atomic E-state index is 0.0260. The number of carbonyl (C=O) groups excluding carboxylic acids is 1. The summed E-state index contributed by atoms with van der Waals surface area (Å²) in [4.78, 5) is 24.7. The van der Waals surface area contributed by atoms with Gasteiger partial charge in [-0.15, -0.1) is 0 Å². The van der Waals surface area contributed by atoms with E-state index >= 15 is 0 Å². The van der Waals surface area contributed by atoms with Gasteiger partial charge in [-0.1, -0.05) is 18.2 Å². The van der Waals surface area contributed by atoms with Crippen LogP contribution in [-0.2, 0) is 7.05 Å². The maximum Gasteiger partial charge on any atom is 0.254 e. The second-order valence-corrected chi connectivity index (χ2v) is 8.57. The van der Waals surface area contributed by atoms with Crippen LogP contribution in [0.2, 0.25) is 0 Å². The average Bonchev–Trinajstić information content (AvgIpc) is 3.34. The van der Waals surface area contributed by atoms with Gasteiger partial charge in [0.15, 0.2) is 0 Å². The lowest BCUT2D eigenvalue weighted by Gasteiger charge is -2.32. The Labute approximate surface area is 199 Å². The molecule has 4 heterocycles. The monoisotopic (exact) mass is 453 g/mol. The maximum absolute atomic E-state index is 13.4. The van der Waals surface area contributed by atoms with Gasteiger partial charge in [0, 0.05) is 60.8 Å². The van der Waals surface area contributed by atoms with E-state index in [9.17, 15) is 4.79 Å². The van der Waals surface area contributed by atoms with Crippen LogP contribution in [0.4, 0.5) is 0 Å². The van der Waals surface area contributed by atoms with E-state index in [2.05, 4.69) is 16.1 Å². The van der Waals surface area contributed by atoms with Crippen LogP contribution >= 0.6 is 0 Å². The van der Waals surface area contributed by atoms with Crippen molar-refractivity contribution in [2.45, 2.75) is 18.8 Å². The minimum absolute atomic E-state index is 0.0260. The molecule has 0 saturated carbocycles. The normalized spacial score (nSPS) is 15.8. The Morgan fingerprint density at radius 1 is 1.09 bits per heavy atom. The summed E-state index contributed by atoms with van der Waals surface area (Å²) < 4.78 is 7.25. The first-order valence-corrected chi connectivity index (χ1v) is 11.5. The van der Waals surface area contributed by atoms with E-state index in [1.54, 1.807) is 30.3 Å². The Morgan fingerprint density at radius 3 is 2.79 bits per heavy atom. The van der Waals surface area contributed by atoms with Crippen LogP contribution in [0.1, 0.15) is 34.8 Å². The number of hydrogen-bond acceptors (Lipinski definition) is 5. The summed E-state index contributed by atoms with van der Waals surface area (Å²) in [6.07, 6.45) is 7.29. The molecule has 5 rings (SSSR count). The first kappa shape index (κ1) is 21.8. The summed E-state index contributed by atoms with van der Waals surface area (Å²) in [5.74, 6) is 1.01. The third kappa shape index (κ3) is 4.41. The van der Waals surface area contributed by atoms with Crippen LogP contribution < -0.4 is 4.74 Å². The molecule has 1 aliphatic rings. The van der Waals surface area contributed by atoms with Gasteiger partial charge in [-0.2, -0.15) is 5.10 Å². The molecule has 1 amide bonds. The van der Waals surface area contributed by atoms with Gasteiger partial charge in [0.1, 0.15) is 5.75 Å². The number of benzene rings is 1. The molecule has 172 valence electrons. The fraction of sp³-hybridized carbons (Fsp3) is 0.259. The van der Waals surface area contributed by atoms with E-state index in [0.29, 0.717) is 12.1 Å². The number of aryl methyl sites for hydroxylation is 1. The summed E-state index contributed by atoms with van der Waals surface area (Å²) >= 11 is 0. The molecular weight excluding hydrogens is 426 g/mol. The molecule has 0 spiro atoms. The van der Waals surface area contributed by atoms with Gasteiger partial charge in [0.2, 0.25) is 0 Å². The zero-order chi connectivity index (χ0) is 23.5. The molecule has 0 N–H and O–H groups in total. The summed E-state index contributed by atoms with van der Waals surface area (Å²) in [7, 11) is 3.54. The van der Waals surface area contributed by atoms with Gasteiger partial charge in [0.05, 0.1) is 24.7 Å². The van der Waals surface area contributed by atoms with Crippen molar-refractivity contribution < 1.29 is 9.53 Å². The van der Waals surface area contributed by atoms with Crippen molar-refractivity contribution in [2.75, 3.05) is 20.2 Å². The number of likely N-dealkylation sites (tertiary alicyclic amines) is 1. The molecule has 1 fully saturated rings. The number of aromatic nitrogens is 4. The molecule has 3 aromatic heterocycles. The van der Waals surface area contributed by atoms with Crippen LogP contribution in [-0.4, -0.2) is 50.8 Å². The van der Waals surface area contributed by atoms with Gasteiger partial charge in [0.25, 0.3) is 5.91 Å². The van der Waals surface area contributed by atoms with Gasteiger partial charge in [-0.3, -0.25) is 19.4 Å². The molecule has 0 unspecified atom stereocenters. The topological polar surface area (TPSA) is 73.1 Å². The van der Waals surface area contributed by atoms with Crippen LogP contribution in [0.15, 0.2) is 73.2 Å². The first-order chi connectivity index (χ1) is 16.6. The highest BCUT2D eigenvalue weighted by molar-refractivity contribution is 5.95. The number of nitrogens with zero attached hydrogens (tertiary/aromatic N) is 5. The van der Waals surface area contributed by atoms with Gasteiger partial charge >= 0.3 is 0 Å². The fourth-order valence-electron chi connectivity index (χ4n) is 4.55. The highest BCUT2D eigenvalue weighted by Crippen LogP contribution is 2.32. The Bertz CT molecular complexity index is 1320. The van der Waals surface area contributed by atoms with E-state index < -0.39 is 0 Å². The van der Waals surface area contributed by atoms with Crippen LogP contribution in [0.3, 0.4) is 0 Å². The molecule has 0 bridgehead atoms. The molecule has 1 aliphatic heterocycles.